The molecule has 10 heteroatoms. The lowest BCUT2D eigenvalue weighted by Gasteiger charge is -2.25. The van der Waals surface area contributed by atoms with E-state index in [-0.39, 0.29) is 35.3 Å². The Bertz CT molecular complexity index is 1110. The third-order valence-electron chi connectivity index (χ3n) is 6.39. The molecule has 0 saturated carbocycles. The molecule has 4 atom stereocenters. The largest absolute Gasteiger partial charge is 0.496 e. The number of methoxy groups -OCH3 is 1. The normalized spacial score (nSPS) is 23.2. The van der Waals surface area contributed by atoms with Crippen LogP contribution in [0.25, 0.3) is 10.9 Å². The highest BCUT2D eigenvalue weighted by atomic mass is 32.2. The van der Waals surface area contributed by atoms with Gasteiger partial charge in [0.25, 0.3) is 5.91 Å². The average molecular weight is 470 g/mol. The van der Waals surface area contributed by atoms with Crippen molar-refractivity contribution in [3.63, 3.8) is 0 Å². The second-order valence-corrected chi connectivity index (χ2v) is 9.51. The lowest BCUT2D eigenvalue weighted by molar-refractivity contribution is -0.126. The highest BCUT2D eigenvalue weighted by Crippen LogP contribution is 2.31. The minimum Gasteiger partial charge on any atom is -0.496 e. The molecule has 1 aromatic carbocycles. The molecule has 4 rings (SSSR count). The van der Waals surface area contributed by atoms with E-state index in [1.807, 2.05) is 24.5 Å². The topological polar surface area (TPSA) is 127 Å². The number of hydrogen-bond acceptors (Lipinski definition) is 6. The third-order valence-corrected chi connectivity index (χ3v) is 7.40. The number of fused-ring (bicyclic) bond motifs is 1. The predicted octanol–water partition coefficient (Wildman–Crippen LogP) is 1.66. The minimum atomic E-state index is -0.783. The first-order valence-corrected chi connectivity index (χ1v) is 12.2. The van der Waals surface area contributed by atoms with Crippen molar-refractivity contribution in [3.8, 4) is 11.8 Å². The Kier molecular flexibility index (Phi) is 6.79. The molecule has 0 aliphatic carbocycles. The van der Waals surface area contributed by atoms with E-state index in [1.54, 1.807) is 29.8 Å². The maximum absolute atomic E-state index is 13.4. The number of H-pyrrole nitrogens is 1. The van der Waals surface area contributed by atoms with Crippen molar-refractivity contribution in [3.05, 3.63) is 30.0 Å². The molecule has 2 saturated heterocycles. The van der Waals surface area contributed by atoms with E-state index in [1.165, 1.54) is 0 Å². The number of nitrogens with one attached hydrogen (secondary N) is 3. The Morgan fingerprint density at radius 1 is 1.42 bits per heavy atom. The fourth-order valence-corrected chi connectivity index (χ4v) is 5.27. The van der Waals surface area contributed by atoms with Crippen LogP contribution in [0.1, 0.15) is 29.8 Å². The number of carbonyl (C=O) groups excluding carboxylic acids is 3. The number of benzene rings is 1. The number of nitrogens with zero attached hydrogens (tertiary/aromatic N) is 2. The lowest BCUT2D eigenvalue weighted by atomic mass is 9.99. The Morgan fingerprint density at radius 3 is 2.91 bits per heavy atom. The molecule has 33 heavy (non-hydrogen) atoms. The van der Waals surface area contributed by atoms with Crippen molar-refractivity contribution in [1.82, 2.24) is 20.5 Å². The fraction of sp³-hybridized carbons (Fsp3) is 0.478. The van der Waals surface area contributed by atoms with Crippen LogP contribution in [0.5, 0.6) is 5.75 Å². The van der Waals surface area contributed by atoms with Crippen molar-refractivity contribution in [2.75, 3.05) is 26.5 Å². The van der Waals surface area contributed by atoms with Gasteiger partial charge in [-0.2, -0.15) is 17.0 Å². The van der Waals surface area contributed by atoms with Crippen molar-refractivity contribution < 1.29 is 19.1 Å². The quantitative estimate of drug-likeness (QED) is 0.566. The molecule has 0 bridgehead atoms. The zero-order chi connectivity index (χ0) is 23.5. The number of aromatic amines is 1. The third kappa shape index (κ3) is 4.64. The minimum absolute atomic E-state index is 0.0844. The molecule has 2 aliphatic heterocycles. The zero-order valence-corrected chi connectivity index (χ0v) is 19.4. The fourth-order valence-electron chi connectivity index (χ4n) is 4.58. The Hall–Kier alpha value is -3.19. The first-order valence-electron chi connectivity index (χ1n) is 10.9. The van der Waals surface area contributed by atoms with Crippen LogP contribution in [-0.4, -0.2) is 71.4 Å². The van der Waals surface area contributed by atoms with Crippen molar-refractivity contribution in [1.29, 1.82) is 5.26 Å². The number of ether oxygens (including phenoxy) is 1. The van der Waals surface area contributed by atoms with E-state index in [4.69, 9.17) is 4.74 Å². The molecule has 2 aliphatic rings. The molecular formula is C23H27N5O4S. The lowest BCUT2D eigenvalue weighted by Crippen LogP contribution is -2.49. The molecule has 1 unspecified atom stereocenters. The molecule has 0 radical (unpaired) electrons. The summed E-state index contributed by atoms with van der Waals surface area (Å²) in [6, 6.07) is 7.91. The van der Waals surface area contributed by atoms with E-state index >= 15 is 0 Å². The maximum Gasteiger partial charge on any atom is 0.271 e. The number of aromatic nitrogens is 1. The van der Waals surface area contributed by atoms with Crippen molar-refractivity contribution in [2.24, 2.45) is 5.92 Å². The van der Waals surface area contributed by atoms with Crippen LogP contribution < -0.4 is 15.4 Å². The van der Waals surface area contributed by atoms with E-state index in [0.717, 1.165) is 10.9 Å². The zero-order valence-electron chi connectivity index (χ0n) is 18.6. The summed E-state index contributed by atoms with van der Waals surface area (Å²) in [4.78, 5) is 43.1. The summed E-state index contributed by atoms with van der Waals surface area (Å²) >= 11 is 1.61. The van der Waals surface area contributed by atoms with Crippen molar-refractivity contribution in [2.45, 2.75) is 36.6 Å². The second-order valence-electron chi connectivity index (χ2n) is 8.37. The van der Waals surface area contributed by atoms with Gasteiger partial charge >= 0.3 is 0 Å². The molecule has 2 aromatic rings. The number of hydrogen-bond donors (Lipinski definition) is 3. The number of amides is 3. The summed E-state index contributed by atoms with van der Waals surface area (Å²) in [5.74, 6) is -0.337. The van der Waals surface area contributed by atoms with Gasteiger partial charge in [-0.3, -0.25) is 14.4 Å². The van der Waals surface area contributed by atoms with Crippen LogP contribution in [0, 0.1) is 17.2 Å². The van der Waals surface area contributed by atoms with Gasteiger partial charge in [0.2, 0.25) is 11.8 Å². The van der Waals surface area contributed by atoms with E-state index in [9.17, 15) is 19.6 Å². The van der Waals surface area contributed by atoms with Gasteiger partial charge in [-0.1, -0.05) is 6.07 Å². The molecule has 9 nitrogen and oxygen atoms in total. The van der Waals surface area contributed by atoms with Gasteiger partial charge in [0, 0.05) is 35.2 Å². The maximum atomic E-state index is 13.4. The summed E-state index contributed by atoms with van der Waals surface area (Å²) in [6.45, 7) is 1.03. The van der Waals surface area contributed by atoms with E-state index in [0.29, 0.717) is 37.4 Å². The molecule has 1 aromatic heterocycles. The Morgan fingerprint density at radius 2 is 2.24 bits per heavy atom. The molecule has 3 heterocycles. The summed E-state index contributed by atoms with van der Waals surface area (Å²) in [5, 5.41) is 16.0. The summed E-state index contributed by atoms with van der Waals surface area (Å²) in [7, 11) is 1.58. The van der Waals surface area contributed by atoms with Crippen LogP contribution >= 0.6 is 11.8 Å². The highest BCUT2D eigenvalue weighted by molar-refractivity contribution is 7.99. The first kappa shape index (κ1) is 23.0. The monoisotopic (exact) mass is 469 g/mol. The standard InChI is InChI=1S/C23H27N5O4S/c1-32-20-5-3-4-17-16(20)10-18(27-17)23(31)28-12-15(33-2)9-19(28)22(30)26-14(11-24)8-13-6-7-25-21(13)29/h3-5,10,13-15,19,27H,6-9,12H2,1-2H3,(H,25,29)(H,26,30)/t13-,14-,15+,19?/m0/s1. The number of likely N-dealkylation sites (tertiary alicyclic amines) is 1. The number of nitriles is 1. The SMILES string of the molecule is COc1cccc2[nH]c(C(=O)N3C[C@H](SC)CC3C(=O)N[C@H](C#N)C[C@@H]3CCNC3=O)cc12. The van der Waals surface area contributed by atoms with Gasteiger partial charge < -0.3 is 25.3 Å². The van der Waals surface area contributed by atoms with Gasteiger partial charge in [0.1, 0.15) is 23.5 Å². The number of thioether (sulfide) groups is 1. The van der Waals surface area contributed by atoms with Crippen LogP contribution in [-0.2, 0) is 9.59 Å². The predicted molar refractivity (Wildman–Crippen MR) is 125 cm³/mol. The van der Waals surface area contributed by atoms with Gasteiger partial charge in [0.05, 0.1) is 13.2 Å². The Labute approximate surface area is 196 Å². The van der Waals surface area contributed by atoms with Crippen LogP contribution in [0.4, 0.5) is 0 Å². The van der Waals surface area contributed by atoms with Gasteiger partial charge in [-0.25, -0.2) is 0 Å². The molecule has 0 spiro atoms. The Balaban J connectivity index is 1.52. The first-order chi connectivity index (χ1) is 15.9. The summed E-state index contributed by atoms with van der Waals surface area (Å²) in [5.41, 5.74) is 1.16. The molecule has 174 valence electrons. The van der Waals surface area contributed by atoms with Crippen molar-refractivity contribution >= 4 is 40.4 Å². The number of carbonyl (C=O) groups is 3. The van der Waals surface area contributed by atoms with E-state index in [2.05, 4.69) is 21.7 Å². The second kappa shape index (κ2) is 9.75. The van der Waals surface area contributed by atoms with Gasteiger partial charge in [-0.05, 0) is 43.7 Å². The summed E-state index contributed by atoms with van der Waals surface area (Å²) in [6.07, 6.45) is 3.38. The smallest absolute Gasteiger partial charge is 0.271 e. The molecule has 3 N–H and O–H groups in total. The number of rotatable bonds is 7. The summed E-state index contributed by atoms with van der Waals surface area (Å²) < 4.78 is 5.39. The molecule has 2 fully saturated rings. The van der Waals surface area contributed by atoms with E-state index < -0.39 is 12.1 Å². The average Bonchev–Trinajstić information content (AvgIpc) is 3.55. The van der Waals surface area contributed by atoms with Crippen LogP contribution in [0.2, 0.25) is 0 Å². The highest BCUT2D eigenvalue weighted by Gasteiger charge is 2.41. The van der Waals surface area contributed by atoms with Gasteiger partial charge in [0.15, 0.2) is 0 Å². The molecular weight excluding hydrogens is 442 g/mol. The van der Waals surface area contributed by atoms with Gasteiger partial charge in [-0.15, -0.1) is 0 Å². The molecule has 3 amide bonds. The van der Waals surface area contributed by atoms with Crippen LogP contribution in [0.3, 0.4) is 0 Å². The van der Waals surface area contributed by atoms with Crippen LogP contribution in [0.15, 0.2) is 24.3 Å².